The highest BCUT2D eigenvalue weighted by Crippen LogP contribution is 2.30. The molecule has 2 N–H and O–H groups in total. The van der Waals surface area contributed by atoms with Crippen molar-refractivity contribution in [2.45, 2.75) is 32.9 Å². The molecule has 0 saturated heterocycles. The number of carbonyl (C=O) groups excluding carboxylic acids is 1. The number of methoxy groups -OCH3 is 1. The molecule has 28 heavy (non-hydrogen) atoms. The molecule has 0 aliphatic carbocycles. The number of H-pyrrole nitrogens is 1. The fourth-order valence-corrected chi connectivity index (χ4v) is 3.45. The first kappa shape index (κ1) is 20.2. The smallest absolute Gasteiger partial charge is 0.408 e. The van der Waals surface area contributed by atoms with Crippen LogP contribution in [0.5, 0.6) is 5.75 Å². The van der Waals surface area contributed by atoms with E-state index < -0.39 is 6.09 Å². The normalized spacial score (nSPS) is 12.2. The van der Waals surface area contributed by atoms with Crippen molar-refractivity contribution >= 4 is 33.1 Å². The van der Waals surface area contributed by atoms with Crippen molar-refractivity contribution in [1.29, 1.82) is 0 Å². The van der Waals surface area contributed by atoms with Crippen LogP contribution in [0.1, 0.15) is 37.7 Å². The third-order valence-corrected chi connectivity index (χ3v) is 4.75. The predicted molar refractivity (Wildman–Crippen MR) is 112 cm³/mol. The largest absolute Gasteiger partial charge is 0.494 e. The molecule has 0 fully saturated rings. The van der Waals surface area contributed by atoms with Crippen LogP contribution in [-0.4, -0.2) is 23.2 Å². The van der Waals surface area contributed by atoms with E-state index in [0.717, 1.165) is 27.5 Å². The van der Waals surface area contributed by atoms with Crippen LogP contribution < -0.4 is 10.1 Å². The lowest BCUT2D eigenvalue weighted by Gasteiger charge is -2.18. The van der Waals surface area contributed by atoms with Gasteiger partial charge in [0.05, 0.1) is 18.7 Å². The number of rotatable bonds is 7. The van der Waals surface area contributed by atoms with Crippen molar-refractivity contribution in [1.82, 2.24) is 15.3 Å². The van der Waals surface area contributed by atoms with Crippen LogP contribution in [0.25, 0.3) is 11.0 Å². The summed E-state index contributed by atoms with van der Waals surface area (Å²) in [4.78, 5) is 20.3. The summed E-state index contributed by atoms with van der Waals surface area (Å²) in [7, 11) is 1.61. The third kappa shape index (κ3) is 5.04. The molecule has 3 aromatic rings. The molecule has 1 aromatic heterocycles. The predicted octanol–water partition coefficient (Wildman–Crippen LogP) is 5.35. The minimum atomic E-state index is -0.469. The molecule has 1 amide bonds. The summed E-state index contributed by atoms with van der Waals surface area (Å²) in [5.74, 6) is 1.71. The van der Waals surface area contributed by atoms with Gasteiger partial charge >= 0.3 is 6.09 Å². The average molecular weight is 446 g/mol. The van der Waals surface area contributed by atoms with Gasteiger partial charge in [0, 0.05) is 4.47 Å². The summed E-state index contributed by atoms with van der Waals surface area (Å²) in [6, 6.07) is 13.1. The summed E-state index contributed by atoms with van der Waals surface area (Å²) >= 11 is 3.48. The van der Waals surface area contributed by atoms with E-state index >= 15 is 0 Å². The second-order valence-electron chi connectivity index (χ2n) is 7.01. The number of hydrogen-bond acceptors (Lipinski definition) is 4. The molecule has 0 bridgehead atoms. The monoisotopic (exact) mass is 445 g/mol. The molecule has 148 valence electrons. The van der Waals surface area contributed by atoms with E-state index in [1.54, 1.807) is 7.11 Å². The van der Waals surface area contributed by atoms with E-state index in [2.05, 4.69) is 45.1 Å². The van der Waals surface area contributed by atoms with E-state index in [-0.39, 0.29) is 12.6 Å². The Balaban J connectivity index is 1.78. The number of alkyl carbamates (subject to hydrolysis) is 1. The van der Waals surface area contributed by atoms with Crippen molar-refractivity contribution in [2.24, 2.45) is 5.92 Å². The number of ether oxygens (including phenoxy) is 2. The summed E-state index contributed by atoms with van der Waals surface area (Å²) in [6.45, 7) is 4.43. The molecule has 0 aliphatic heterocycles. The fraction of sp³-hybridized carbons (Fsp3) is 0.333. The molecule has 1 atom stereocenters. The highest BCUT2D eigenvalue weighted by Gasteiger charge is 2.22. The van der Waals surface area contributed by atoms with E-state index in [9.17, 15) is 4.79 Å². The summed E-state index contributed by atoms with van der Waals surface area (Å²) in [5, 5.41) is 2.94. The Kier molecular flexibility index (Phi) is 6.57. The minimum Gasteiger partial charge on any atom is -0.494 e. The minimum absolute atomic E-state index is 0.224. The number of halogens is 1. The van der Waals surface area contributed by atoms with Crippen molar-refractivity contribution in [3.63, 3.8) is 0 Å². The van der Waals surface area contributed by atoms with Gasteiger partial charge < -0.3 is 19.8 Å². The van der Waals surface area contributed by atoms with Crippen LogP contribution >= 0.6 is 15.9 Å². The zero-order valence-corrected chi connectivity index (χ0v) is 17.7. The van der Waals surface area contributed by atoms with Gasteiger partial charge in [0.25, 0.3) is 0 Å². The van der Waals surface area contributed by atoms with Gasteiger partial charge in [-0.15, -0.1) is 0 Å². The Morgan fingerprint density at radius 1 is 1.25 bits per heavy atom. The molecular formula is C21H24BrN3O3. The lowest BCUT2D eigenvalue weighted by atomic mass is 10.0. The van der Waals surface area contributed by atoms with Crippen molar-refractivity contribution in [2.75, 3.05) is 7.11 Å². The lowest BCUT2D eigenvalue weighted by molar-refractivity contribution is 0.134. The Hall–Kier alpha value is -2.54. The third-order valence-electron chi connectivity index (χ3n) is 4.30. The summed E-state index contributed by atoms with van der Waals surface area (Å²) in [5.41, 5.74) is 2.51. The van der Waals surface area contributed by atoms with E-state index in [1.165, 1.54) is 0 Å². The van der Waals surface area contributed by atoms with E-state index in [0.29, 0.717) is 17.5 Å². The standard InChI is InChI=1S/C21H24BrN3O3/c1-13(2)9-17(24-21(26)28-12-14-7-5-4-6-8-14)20-23-16-10-15(22)11-18(27-3)19(16)25-20/h4-8,10-11,13,17H,9,12H2,1-3H3,(H,23,25)(H,24,26)/t17-/m1/s1. The molecule has 0 aliphatic rings. The Morgan fingerprint density at radius 2 is 2.00 bits per heavy atom. The van der Waals surface area contributed by atoms with Crippen LogP contribution in [-0.2, 0) is 11.3 Å². The molecule has 2 aromatic carbocycles. The van der Waals surface area contributed by atoms with Gasteiger partial charge in [0.2, 0.25) is 0 Å². The SMILES string of the molecule is COc1cc(Br)cc2[nH]c([C@@H](CC(C)C)NC(=O)OCc3ccccc3)nc12. The zero-order valence-electron chi connectivity index (χ0n) is 16.2. The first-order valence-electron chi connectivity index (χ1n) is 9.16. The van der Waals surface area contributed by atoms with Crippen LogP contribution in [0.15, 0.2) is 46.9 Å². The second kappa shape index (κ2) is 9.10. The number of fused-ring (bicyclic) bond motifs is 1. The maximum atomic E-state index is 12.4. The fourth-order valence-electron chi connectivity index (χ4n) is 3.01. The van der Waals surface area contributed by atoms with Gasteiger partial charge in [-0.05, 0) is 30.0 Å². The number of carbonyl (C=O) groups is 1. The Labute approximate surface area is 172 Å². The number of hydrogen-bond donors (Lipinski definition) is 2. The molecule has 0 radical (unpaired) electrons. The van der Waals surface area contributed by atoms with Crippen LogP contribution in [0, 0.1) is 5.92 Å². The van der Waals surface area contributed by atoms with Crippen LogP contribution in [0.2, 0.25) is 0 Å². The molecular weight excluding hydrogens is 422 g/mol. The maximum absolute atomic E-state index is 12.4. The van der Waals surface area contributed by atoms with Gasteiger partial charge in [0.1, 0.15) is 23.7 Å². The maximum Gasteiger partial charge on any atom is 0.408 e. The summed E-state index contributed by atoms with van der Waals surface area (Å²) in [6.07, 6.45) is 0.257. The van der Waals surface area contributed by atoms with Crippen LogP contribution in [0.3, 0.4) is 0 Å². The number of aromatic amines is 1. The quantitative estimate of drug-likeness (QED) is 0.513. The zero-order chi connectivity index (χ0) is 20.1. The Bertz CT molecular complexity index is 941. The second-order valence-corrected chi connectivity index (χ2v) is 7.93. The van der Waals surface area contributed by atoms with Crippen molar-refractivity contribution in [3.8, 4) is 5.75 Å². The van der Waals surface area contributed by atoms with E-state index in [1.807, 2.05) is 42.5 Å². The number of amides is 1. The molecule has 1 heterocycles. The van der Waals surface area contributed by atoms with Crippen molar-refractivity contribution < 1.29 is 14.3 Å². The van der Waals surface area contributed by atoms with Gasteiger partial charge in [-0.2, -0.15) is 0 Å². The number of nitrogens with one attached hydrogen (secondary N) is 2. The first-order chi connectivity index (χ1) is 13.5. The highest BCUT2D eigenvalue weighted by atomic mass is 79.9. The number of benzene rings is 2. The molecule has 0 saturated carbocycles. The molecule has 3 rings (SSSR count). The molecule has 6 nitrogen and oxygen atoms in total. The van der Waals surface area contributed by atoms with E-state index in [4.69, 9.17) is 9.47 Å². The Morgan fingerprint density at radius 3 is 2.68 bits per heavy atom. The van der Waals surface area contributed by atoms with Gasteiger partial charge in [-0.25, -0.2) is 9.78 Å². The van der Waals surface area contributed by atoms with Crippen molar-refractivity contribution in [3.05, 3.63) is 58.3 Å². The number of nitrogens with zero attached hydrogens (tertiary/aromatic N) is 1. The highest BCUT2D eigenvalue weighted by molar-refractivity contribution is 9.10. The average Bonchev–Trinajstić information content (AvgIpc) is 3.09. The molecule has 7 heteroatoms. The van der Waals surface area contributed by atoms with Gasteiger partial charge in [-0.1, -0.05) is 60.1 Å². The number of aromatic nitrogens is 2. The molecule has 0 spiro atoms. The van der Waals surface area contributed by atoms with Gasteiger partial charge in [-0.3, -0.25) is 0 Å². The lowest BCUT2D eigenvalue weighted by Crippen LogP contribution is -2.30. The topological polar surface area (TPSA) is 76.2 Å². The summed E-state index contributed by atoms with van der Waals surface area (Å²) < 4.78 is 11.7. The van der Waals surface area contributed by atoms with Gasteiger partial charge in [0.15, 0.2) is 0 Å². The first-order valence-corrected chi connectivity index (χ1v) is 9.96. The molecule has 0 unspecified atom stereocenters. The number of imidazole rings is 1. The van der Waals surface area contributed by atoms with Crippen LogP contribution in [0.4, 0.5) is 4.79 Å².